The van der Waals surface area contributed by atoms with Gasteiger partial charge in [-0.3, -0.25) is 19.3 Å². The normalized spacial score (nSPS) is 20.1. The highest BCUT2D eigenvalue weighted by atomic mass is 16.2. The van der Waals surface area contributed by atoms with Crippen LogP contribution in [-0.2, 0) is 18.4 Å². The first-order valence-corrected chi connectivity index (χ1v) is 11.0. The highest BCUT2D eigenvalue weighted by Crippen LogP contribution is 2.38. The molecule has 3 amide bonds. The molecule has 3 heterocycles. The number of amides is 3. The second kappa shape index (κ2) is 8.46. The molecule has 1 aromatic rings. The van der Waals surface area contributed by atoms with E-state index >= 15 is 0 Å². The van der Waals surface area contributed by atoms with Crippen molar-refractivity contribution in [3.63, 3.8) is 0 Å². The van der Waals surface area contributed by atoms with Gasteiger partial charge in [0.25, 0.3) is 5.91 Å². The molecule has 0 unspecified atom stereocenters. The molecular weight excluding hydrogens is 366 g/mol. The van der Waals surface area contributed by atoms with Gasteiger partial charge in [0, 0.05) is 51.0 Å². The van der Waals surface area contributed by atoms with Gasteiger partial charge in [-0.15, -0.1) is 0 Å². The van der Waals surface area contributed by atoms with Crippen molar-refractivity contribution in [3.05, 3.63) is 17.5 Å². The first kappa shape index (κ1) is 21.8. The average molecular weight is 404 g/mol. The predicted molar refractivity (Wildman–Crippen MR) is 113 cm³/mol. The number of aryl methyl sites for hydroxylation is 1. The van der Waals surface area contributed by atoms with Gasteiger partial charge in [0.2, 0.25) is 0 Å². The maximum absolute atomic E-state index is 13.4. The van der Waals surface area contributed by atoms with Crippen molar-refractivity contribution in [1.29, 1.82) is 0 Å². The van der Waals surface area contributed by atoms with Crippen LogP contribution in [0.4, 0.5) is 4.79 Å². The second-order valence-corrected chi connectivity index (χ2v) is 9.61. The van der Waals surface area contributed by atoms with Crippen LogP contribution in [0.25, 0.3) is 0 Å². The molecule has 2 saturated heterocycles. The van der Waals surface area contributed by atoms with Crippen LogP contribution in [-0.4, -0.2) is 68.1 Å². The molecule has 7 heteroatoms. The summed E-state index contributed by atoms with van der Waals surface area (Å²) in [7, 11) is 1.96. The number of piperidine rings is 1. The number of hydrogen-bond donors (Lipinski definition) is 0. The molecule has 1 aromatic heterocycles. The van der Waals surface area contributed by atoms with Gasteiger partial charge in [-0.2, -0.15) is 5.10 Å². The Balaban J connectivity index is 1.75. The molecule has 2 aliphatic heterocycles. The number of urea groups is 1. The molecule has 0 saturated carbocycles. The summed E-state index contributed by atoms with van der Waals surface area (Å²) in [5, 5.41) is 4.34. The predicted octanol–water partition coefficient (Wildman–Crippen LogP) is 3.03. The van der Waals surface area contributed by atoms with E-state index in [1.165, 1.54) is 16.2 Å². The summed E-state index contributed by atoms with van der Waals surface area (Å²) in [4.78, 5) is 32.4. The lowest BCUT2D eigenvalue weighted by Crippen LogP contribution is -2.56. The van der Waals surface area contributed by atoms with Gasteiger partial charge >= 0.3 is 6.03 Å². The topological polar surface area (TPSA) is 61.7 Å². The highest BCUT2D eigenvalue weighted by molar-refractivity contribution is 6.07. The molecule has 0 radical (unpaired) electrons. The largest absolute Gasteiger partial charge is 0.327 e. The minimum absolute atomic E-state index is 0.0252. The van der Waals surface area contributed by atoms with Gasteiger partial charge in [-0.1, -0.05) is 27.7 Å². The minimum Gasteiger partial charge on any atom is -0.309 e. The van der Waals surface area contributed by atoms with Crippen molar-refractivity contribution < 1.29 is 9.59 Å². The number of aromatic nitrogens is 2. The van der Waals surface area contributed by atoms with Crippen molar-refractivity contribution in [3.8, 4) is 0 Å². The average Bonchev–Trinajstić information content (AvgIpc) is 3.06. The zero-order valence-electron chi connectivity index (χ0n) is 18.9. The first-order chi connectivity index (χ1) is 13.7. The maximum atomic E-state index is 13.4. The number of imide groups is 1. The fraction of sp³-hybridized carbons (Fsp3) is 0.773. The Bertz CT molecular complexity index is 746. The van der Waals surface area contributed by atoms with Crippen molar-refractivity contribution in [2.24, 2.45) is 18.9 Å². The van der Waals surface area contributed by atoms with Crippen LogP contribution >= 0.6 is 0 Å². The molecule has 2 fully saturated rings. The maximum Gasteiger partial charge on any atom is 0.327 e. The number of hydrogen-bond acceptors (Lipinski definition) is 4. The van der Waals surface area contributed by atoms with Crippen LogP contribution in [0.2, 0.25) is 0 Å². The zero-order chi connectivity index (χ0) is 21.3. The summed E-state index contributed by atoms with van der Waals surface area (Å²) >= 11 is 0. The highest BCUT2D eigenvalue weighted by Gasteiger charge is 2.57. The quantitative estimate of drug-likeness (QED) is 0.657. The Morgan fingerprint density at radius 3 is 2.28 bits per heavy atom. The smallest absolute Gasteiger partial charge is 0.309 e. The van der Waals surface area contributed by atoms with E-state index in [4.69, 9.17) is 0 Å². The number of carbonyl (C=O) groups is 2. The van der Waals surface area contributed by atoms with Crippen LogP contribution in [0, 0.1) is 18.8 Å². The molecule has 0 bridgehead atoms. The molecule has 2 aliphatic rings. The second-order valence-electron chi connectivity index (χ2n) is 9.61. The standard InChI is InChI=1S/C22H37N5O2/c1-16(2)7-10-27-21(29)26(14-17(3)4)20(28)22(27)8-11-25(12-9-22)15-19-13-23-24(6)18(19)5/h13,16-17H,7-12,14-15H2,1-6H3. The fourth-order valence-electron chi connectivity index (χ4n) is 4.51. The Labute approximate surface area is 175 Å². The molecule has 1 spiro atoms. The molecule has 0 aromatic carbocycles. The van der Waals surface area contributed by atoms with Gasteiger partial charge in [0.05, 0.1) is 6.20 Å². The molecule has 29 heavy (non-hydrogen) atoms. The molecule has 0 aliphatic carbocycles. The summed E-state index contributed by atoms with van der Waals surface area (Å²) in [6.07, 6.45) is 4.28. The molecular formula is C22H37N5O2. The lowest BCUT2D eigenvalue weighted by atomic mass is 9.85. The van der Waals surface area contributed by atoms with Crippen molar-refractivity contribution >= 4 is 11.9 Å². The summed E-state index contributed by atoms with van der Waals surface area (Å²) in [6.45, 7) is 14.2. The van der Waals surface area contributed by atoms with E-state index < -0.39 is 5.54 Å². The monoisotopic (exact) mass is 403 g/mol. The van der Waals surface area contributed by atoms with E-state index in [-0.39, 0.29) is 17.9 Å². The van der Waals surface area contributed by atoms with Gasteiger partial charge in [0.15, 0.2) is 0 Å². The Hall–Kier alpha value is -1.89. The lowest BCUT2D eigenvalue weighted by molar-refractivity contribution is -0.136. The van der Waals surface area contributed by atoms with Gasteiger partial charge in [0.1, 0.15) is 5.54 Å². The molecule has 7 nitrogen and oxygen atoms in total. The van der Waals surface area contributed by atoms with Crippen LogP contribution < -0.4 is 0 Å². The summed E-state index contributed by atoms with van der Waals surface area (Å²) in [5.41, 5.74) is 1.76. The third-order valence-electron chi connectivity index (χ3n) is 6.51. The number of likely N-dealkylation sites (tertiary alicyclic amines) is 1. The van der Waals surface area contributed by atoms with E-state index in [0.29, 0.717) is 31.8 Å². The van der Waals surface area contributed by atoms with E-state index in [9.17, 15) is 9.59 Å². The summed E-state index contributed by atoms with van der Waals surface area (Å²) in [6, 6.07) is -0.0825. The minimum atomic E-state index is -0.651. The summed E-state index contributed by atoms with van der Waals surface area (Å²) < 4.78 is 1.90. The third kappa shape index (κ3) is 4.20. The van der Waals surface area contributed by atoms with Gasteiger partial charge < -0.3 is 4.90 Å². The molecule has 3 rings (SSSR count). The Morgan fingerprint density at radius 2 is 1.76 bits per heavy atom. The van der Waals surface area contributed by atoms with E-state index in [1.807, 2.05) is 22.8 Å². The van der Waals surface area contributed by atoms with Crippen molar-refractivity contribution in [1.82, 2.24) is 24.5 Å². The SMILES string of the molecule is Cc1c(CN2CCC3(CC2)C(=O)N(CC(C)C)C(=O)N3CCC(C)C)cnn1C. The van der Waals surface area contributed by atoms with Gasteiger partial charge in [-0.25, -0.2) is 4.79 Å². The fourth-order valence-corrected chi connectivity index (χ4v) is 4.51. The number of nitrogens with zero attached hydrogens (tertiary/aromatic N) is 5. The lowest BCUT2D eigenvalue weighted by Gasteiger charge is -2.42. The van der Waals surface area contributed by atoms with Crippen molar-refractivity contribution in [2.45, 2.75) is 66.0 Å². The molecule has 0 N–H and O–H groups in total. The van der Waals surface area contributed by atoms with Crippen LogP contribution in [0.5, 0.6) is 0 Å². The van der Waals surface area contributed by atoms with E-state index in [2.05, 4.69) is 44.6 Å². The molecule has 162 valence electrons. The molecule has 0 atom stereocenters. The third-order valence-corrected chi connectivity index (χ3v) is 6.51. The Morgan fingerprint density at radius 1 is 1.10 bits per heavy atom. The van der Waals surface area contributed by atoms with Crippen LogP contribution in [0.15, 0.2) is 6.20 Å². The van der Waals surface area contributed by atoms with Crippen LogP contribution in [0.1, 0.15) is 58.2 Å². The Kier molecular flexibility index (Phi) is 6.36. The van der Waals surface area contributed by atoms with Crippen LogP contribution in [0.3, 0.4) is 0 Å². The number of carbonyl (C=O) groups excluding carboxylic acids is 2. The zero-order valence-corrected chi connectivity index (χ0v) is 18.9. The van der Waals surface area contributed by atoms with Gasteiger partial charge in [-0.05, 0) is 38.0 Å². The van der Waals surface area contributed by atoms with E-state index in [0.717, 1.165) is 26.1 Å². The van der Waals surface area contributed by atoms with E-state index in [1.54, 1.807) is 0 Å². The number of rotatable bonds is 7. The van der Waals surface area contributed by atoms with Crippen molar-refractivity contribution in [2.75, 3.05) is 26.2 Å². The summed E-state index contributed by atoms with van der Waals surface area (Å²) in [5.74, 6) is 0.804. The first-order valence-electron chi connectivity index (χ1n) is 11.0.